The second-order valence-electron chi connectivity index (χ2n) is 6.22. The Hall–Kier alpha value is -1.94. The number of benzene rings is 1. The summed E-state index contributed by atoms with van der Waals surface area (Å²) in [6, 6.07) is 8.76. The number of aliphatic hydroxyl groups is 2. The number of nitriles is 1. The van der Waals surface area contributed by atoms with Crippen LogP contribution in [0.25, 0.3) is 0 Å². The predicted octanol–water partition coefficient (Wildman–Crippen LogP) is 0.553. The Morgan fingerprint density at radius 1 is 1.38 bits per heavy atom. The van der Waals surface area contributed by atoms with Gasteiger partial charge in [0.2, 0.25) is 0 Å². The summed E-state index contributed by atoms with van der Waals surface area (Å²) in [7, 11) is 0. The molecule has 0 bridgehead atoms. The van der Waals surface area contributed by atoms with Crippen LogP contribution in [0.15, 0.2) is 24.3 Å². The van der Waals surface area contributed by atoms with E-state index in [0.29, 0.717) is 30.8 Å². The van der Waals surface area contributed by atoms with Gasteiger partial charge in [-0.25, -0.2) is 0 Å². The van der Waals surface area contributed by atoms with Gasteiger partial charge in [-0.3, -0.25) is 4.79 Å². The van der Waals surface area contributed by atoms with Crippen LogP contribution in [0, 0.1) is 23.2 Å². The van der Waals surface area contributed by atoms with E-state index in [1.807, 2.05) is 13.0 Å². The van der Waals surface area contributed by atoms with Crippen molar-refractivity contribution in [2.24, 2.45) is 11.8 Å². The first-order valence-corrected chi connectivity index (χ1v) is 8.36. The number of hydrogen-bond donors (Lipinski definition) is 2. The molecule has 0 aliphatic carbocycles. The van der Waals surface area contributed by atoms with Crippen molar-refractivity contribution < 1.29 is 15.0 Å². The lowest BCUT2D eigenvalue weighted by atomic mass is 9.96. The number of aliphatic hydroxyl groups excluding tert-OH is 2. The van der Waals surface area contributed by atoms with Gasteiger partial charge in [0.15, 0.2) is 0 Å². The summed E-state index contributed by atoms with van der Waals surface area (Å²) in [4.78, 5) is 16.6. The third-order valence-electron chi connectivity index (χ3n) is 4.69. The lowest BCUT2D eigenvalue weighted by Gasteiger charge is -2.25. The molecule has 6 heteroatoms. The first-order chi connectivity index (χ1) is 11.6. The minimum atomic E-state index is -0.0988. The van der Waals surface area contributed by atoms with Gasteiger partial charge < -0.3 is 20.0 Å². The third-order valence-corrected chi connectivity index (χ3v) is 4.69. The molecule has 0 aromatic heterocycles. The molecule has 1 fully saturated rings. The van der Waals surface area contributed by atoms with Crippen molar-refractivity contribution in [2.75, 3.05) is 45.9 Å². The van der Waals surface area contributed by atoms with E-state index in [0.717, 1.165) is 13.1 Å². The average molecular weight is 331 g/mol. The van der Waals surface area contributed by atoms with Gasteiger partial charge in [0.05, 0.1) is 18.2 Å². The number of nitrogens with zero attached hydrogens (tertiary/aromatic N) is 3. The van der Waals surface area contributed by atoms with Gasteiger partial charge in [-0.05, 0) is 30.7 Å². The number of carbonyl (C=O) groups is 1. The van der Waals surface area contributed by atoms with Gasteiger partial charge in [0.25, 0.3) is 5.91 Å². The Bertz CT molecular complexity index is 599. The van der Waals surface area contributed by atoms with E-state index in [2.05, 4.69) is 4.90 Å². The van der Waals surface area contributed by atoms with Crippen LogP contribution in [0.1, 0.15) is 22.8 Å². The average Bonchev–Trinajstić information content (AvgIpc) is 3.03. The molecule has 1 amide bonds. The van der Waals surface area contributed by atoms with Crippen molar-refractivity contribution in [3.8, 4) is 6.07 Å². The maximum atomic E-state index is 12.7. The first-order valence-electron chi connectivity index (χ1n) is 8.36. The van der Waals surface area contributed by atoms with Crippen LogP contribution >= 0.6 is 0 Å². The Morgan fingerprint density at radius 2 is 2.12 bits per heavy atom. The molecular weight excluding hydrogens is 306 g/mol. The highest BCUT2D eigenvalue weighted by Gasteiger charge is 2.35. The maximum Gasteiger partial charge on any atom is 0.253 e. The van der Waals surface area contributed by atoms with E-state index in [1.165, 1.54) is 0 Å². The van der Waals surface area contributed by atoms with Gasteiger partial charge in [0, 0.05) is 44.3 Å². The van der Waals surface area contributed by atoms with Crippen molar-refractivity contribution >= 4 is 5.91 Å². The maximum absolute atomic E-state index is 12.7. The second kappa shape index (κ2) is 8.78. The number of amides is 1. The van der Waals surface area contributed by atoms with Crippen molar-refractivity contribution in [3.05, 3.63) is 35.4 Å². The molecular formula is C18H25N3O3. The summed E-state index contributed by atoms with van der Waals surface area (Å²) >= 11 is 0. The Balaban J connectivity index is 2.07. The van der Waals surface area contributed by atoms with Crippen molar-refractivity contribution in [2.45, 2.75) is 6.92 Å². The van der Waals surface area contributed by atoms with Gasteiger partial charge >= 0.3 is 0 Å². The first kappa shape index (κ1) is 18.4. The van der Waals surface area contributed by atoms with Gasteiger partial charge in [-0.1, -0.05) is 13.0 Å². The zero-order chi connectivity index (χ0) is 17.5. The minimum Gasteiger partial charge on any atom is -0.396 e. The monoisotopic (exact) mass is 331 g/mol. The highest BCUT2D eigenvalue weighted by atomic mass is 16.3. The van der Waals surface area contributed by atoms with Crippen LogP contribution < -0.4 is 0 Å². The number of hydrogen-bond acceptors (Lipinski definition) is 5. The van der Waals surface area contributed by atoms with Gasteiger partial charge in [-0.15, -0.1) is 0 Å². The standard InChI is InChI=1S/C18H25N3O3/c1-2-20(6-7-22)10-16-11-21(12-17(16)13-23)18(24)15-5-3-4-14(8-15)9-19/h3-5,8,16-17,22-23H,2,6-7,10-13H2,1H3/t16-,17-/m1/s1. The molecule has 1 aromatic carbocycles. The molecule has 1 heterocycles. The third kappa shape index (κ3) is 4.32. The van der Waals surface area contributed by atoms with Crippen LogP contribution in [0.2, 0.25) is 0 Å². The van der Waals surface area contributed by atoms with Crippen molar-refractivity contribution in [1.82, 2.24) is 9.80 Å². The predicted molar refractivity (Wildman–Crippen MR) is 90.3 cm³/mol. The van der Waals surface area contributed by atoms with Crippen LogP contribution in [-0.2, 0) is 0 Å². The van der Waals surface area contributed by atoms with Crippen molar-refractivity contribution in [3.63, 3.8) is 0 Å². The SMILES string of the molecule is CCN(CCO)C[C@@H]1CN(C(=O)c2cccc(C#N)c2)C[C@@H]1CO. The molecule has 1 aliphatic rings. The zero-order valence-electron chi connectivity index (χ0n) is 14.1. The minimum absolute atomic E-state index is 0.0424. The Kier molecular flexibility index (Phi) is 6.73. The summed E-state index contributed by atoms with van der Waals surface area (Å²) < 4.78 is 0. The summed E-state index contributed by atoms with van der Waals surface area (Å²) in [5.74, 6) is 0.128. The van der Waals surface area contributed by atoms with Gasteiger partial charge in [0.1, 0.15) is 0 Å². The van der Waals surface area contributed by atoms with Crippen LogP contribution in [-0.4, -0.2) is 71.9 Å². The number of likely N-dealkylation sites (N-methyl/N-ethyl adjacent to an activating group) is 1. The summed E-state index contributed by atoms with van der Waals surface area (Å²) in [6.07, 6.45) is 0. The van der Waals surface area contributed by atoms with E-state index in [-0.39, 0.29) is 31.0 Å². The largest absolute Gasteiger partial charge is 0.396 e. The smallest absolute Gasteiger partial charge is 0.253 e. The molecule has 2 N–H and O–H groups in total. The Labute approximate surface area is 142 Å². The van der Waals surface area contributed by atoms with Crippen LogP contribution in [0.4, 0.5) is 0 Å². The number of likely N-dealkylation sites (tertiary alicyclic amines) is 1. The van der Waals surface area contributed by atoms with Crippen LogP contribution in [0.5, 0.6) is 0 Å². The molecule has 6 nitrogen and oxygen atoms in total. The summed E-state index contributed by atoms with van der Waals surface area (Å²) in [6.45, 7) is 5.48. The zero-order valence-corrected chi connectivity index (χ0v) is 14.1. The molecule has 0 unspecified atom stereocenters. The molecule has 0 radical (unpaired) electrons. The fourth-order valence-electron chi connectivity index (χ4n) is 3.27. The fourth-order valence-corrected chi connectivity index (χ4v) is 3.27. The van der Waals surface area contributed by atoms with E-state index in [1.54, 1.807) is 29.2 Å². The highest BCUT2D eigenvalue weighted by molar-refractivity contribution is 5.94. The molecule has 2 atom stereocenters. The summed E-state index contributed by atoms with van der Waals surface area (Å²) in [5, 5.41) is 27.8. The quantitative estimate of drug-likeness (QED) is 0.762. The van der Waals surface area contributed by atoms with Crippen LogP contribution in [0.3, 0.4) is 0 Å². The molecule has 1 aliphatic heterocycles. The molecule has 1 saturated heterocycles. The molecule has 2 rings (SSSR count). The fraction of sp³-hybridized carbons (Fsp3) is 0.556. The number of rotatable bonds is 7. The lowest BCUT2D eigenvalue weighted by molar-refractivity contribution is 0.0778. The van der Waals surface area contributed by atoms with Gasteiger partial charge in [-0.2, -0.15) is 5.26 Å². The molecule has 0 saturated carbocycles. The van der Waals surface area contributed by atoms with Crippen molar-refractivity contribution in [1.29, 1.82) is 5.26 Å². The molecule has 130 valence electrons. The van der Waals surface area contributed by atoms with E-state index >= 15 is 0 Å². The lowest BCUT2D eigenvalue weighted by Crippen LogP contribution is -2.36. The second-order valence-corrected chi connectivity index (χ2v) is 6.22. The highest BCUT2D eigenvalue weighted by Crippen LogP contribution is 2.25. The van der Waals surface area contributed by atoms with E-state index < -0.39 is 0 Å². The van der Waals surface area contributed by atoms with E-state index in [9.17, 15) is 9.90 Å². The normalized spacial score (nSPS) is 20.4. The molecule has 24 heavy (non-hydrogen) atoms. The topological polar surface area (TPSA) is 87.8 Å². The Morgan fingerprint density at radius 3 is 2.75 bits per heavy atom. The molecule has 0 spiro atoms. The van der Waals surface area contributed by atoms with E-state index in [4.69, 9.17) is 10.4 Å². The number of carbonyl (C=O) groups excluding carboxylic acids is 1. The summed E-state index contributed by atoms with van der Waals surface area (Å²) in [5.41, 5.74) is 0.976. The molecule has 1 aromatic rings.